The summed E-state index contributed by atoms with van der Waals surface area (Å²) in [4.78, 5) is 20.7. The molecular formula is C29H46O5Ti. The second kappa shape index (κ2) is 17.4. The maximum absolute atomic E-state index is 10.4. The van der Waals surface area contributed by atoms with Gasteiger partial charge in [0.1, 0.15) is 0 Å². The first kappa shape index (κ1) is 32.0. The number of allylic oxidation sites excluding steroid dienone is 4. The number of fused-ring (bicyclic) bond motifs is 1. The summed E-state index contributed by atoms with van der Waals surface area (Å²) in [6, 6.07) is 0. The van der Waals surface area contributed by atoms with Crippen LogP contribution in [0.5, 0.6) is 0 Å². The zero-order valence-electron chi connectivity index (χ0n) is 21.9. The summed E-state index contributed by atoms with van der Waals surface area (Å²) in [7, 11) is 0.750. The fourth-order valence-corrected chi connectivity index (χ4v) is 6.21. The molecule has 5 aliphatic carbocycles. The zero-order chi connectivity index (χ0) is 24.9. The number of carbonyl (C=O) groups is 2. The Balaban J connectivity index is 0.000000260. The molecule has 0 heterocycles. The second-order valence-corrected chi connectivity index (χ2v) is 10.3. The van der Waals surface area contributed by atoms with E-state index in [0.717, 1.165) is 64.4 Å². The molecule has 0 aromatic rings. The van der Waals surface area contributed by atoms with E-state index in [4.69, 9.17) is 15.3 Å². The Kier molecular flexibility index (Phi) is 15.9. The molecule has 6 heteroatoms. The Morgan fingerprint density at radius 2 is 1.17 bits per heavy atom. The van der Waals surface area contributed by atoms with Crippen molar-refractivity contribution in [2.75, 3.05) is 7.11 Å². The minimum Gasteiger partial charge on any atom is -0.857 e. The maximum Gasteiger partial charge on any atom is 2.00 e. The summed E-state index contributed by atoms with van der Waals surface area (Å²) in [5.74, 6) is -0.484. The molecule has 0 radical (unpaired) electrons. The summed E-state index contributed by atoms with van der Waals surface area (Å²) < 4.78 is 0. The van der Waals surface area contributed by atoms with E-state index in [-0.39, 0.29) is 33.6 Å². The van der Waals surface area contributed by atoms with E-state index in [1.807, 2.05) is 0 Å². The van der Waals surface area contributed by atoms with Gasteiger partial charge in [0.05, 0.1) is 11.8 Å². The van der Waals surface area contributed by atoms with Crippen molar-refractivity contribution in [2.45, 2.75) is 116 Å². The van der Waals surface area contributed by atoms with Crippen LogP contribution in [0.3, 0.4) is 0 Å². The molecule has 35 heavy (non-hydrogen) atoms. The standard InChI is InChI=1S/C14H19.2C7H12O2.CH3O.Ti/c1-10-11-6-2-4-8-13(11)14-9-5-3-7-12(10)14;2*8-7(9)6-4-2-1-3-5-6;1-2;/h6,10H,2-5,7-9H2,1H3;2*6H,1-5H2,(H,8,9);1H3;/q-1;;;-1;+2. The van der Waals surface area contributed by atoms with Gasteiger partial charge in [0.2, 0.25) is 0 Å². The number of aliphatic carboxylic acids is 2. The van der Waals surface area contributed by atoms with Crippen molar-refractivity contribution in [2.24, 2.45) is 17.8 Å². The molecule has 5 aliphatic rings. The van der Waals surface area contributed by atoms with E-state index in [0.29, 0.717) is 0 Å². The molecule has 0 saturated heterocycles. The van der Waals surface area contributed by atoms with Crippen molar-refractivity contribution in [3.05, 3.63) is 28.7 Å². The van der Waals surface area contributed by atoms with Crippen molar-refractivity contribution >= 4 is 11.9 Å². The molecule has 2 saturated carbocycles. The maximum atomic E-state index is 10.4. The Morgan fingerprint density at radius 1 is 0.714 bits per heavy atom. The van der Waals surface area contributed by atoms with E-state index in [9.17, 15) is 9.59 Å². The quantitative estimate of drug-likeness (QED) is 0.320. The van der Waals surface area contributed by atoms with Gasteiger partial charge in [-0.15, -0.1) is 12.0 Å². The first-order valence-electron chi connectivity index (χ1n) is 13.6. The molecule has 2 fully saturated rings. The van der Waals surface area contributed by atoms with Gasteiger partial charge in [-0.1, -0.05) is 70.3 Å². The molecule has 0 aromatic carbocycles. The number of carboxylic acids is 2. The van der Waals surface area contributed by atoms with E-state index in [2.05, 4.69) is 13.3 Å². The largest absolute Gasteiger partial charge is 2.00 e. The molecular weight excluding hydrogens is 476 g/mol. The van der Waals surface area contributed by atoms with Gasteiger partial charge in [-0.3, -0.25) is 9.59 Å². The second-order valence-electron chi connectivity index (χ2n) is 10.3. The monoisotopic (exact) mass is 522 g/mol. The van der Waals surface area contributed by atoms with Crippen LogP contribution in [0.25, 0.3) is 0 Å². The first-order chi connectivity index (χ1) is 16.5. The zero-order valence-corrected chi connectivity index (χ0v) is 23.5. The Hall–Kier alpha value is -1.04. The normalized spacial score (nSPS) is 23.9. The average Bonchev–Trinajstić information content (AvgIpc) is 3.19. The Morgan fingerprint density at radius 3 is 1.63 bits per heavy atom. The third-order valence-electron chi connectivity index (χ3n) is 8.12. The number of rotatable bonds is 2. The Bertz CT molecular complexity index is 655. The summed E-state index contributed by atoms with van der Waals surface area (Å²) in [6.45, 7) is 2.42. The first-order valence-corrected chi connectivity index (χ1v) is 13.6. The molecule has 0 amide bonds. The molecule has 1 atom stereocenters. The minimum absolute atomic E-state index is 0. The Labute approximate surface area is 227 Å². The topological polar surface area (TPSA) is 97.7 Å². The van der Waals surface area contributed by atoms with E-state index >= 15 is 0 Å². The van der Waals surface area contributed by atoms with Crippen LogP contribution in [0.1, 0.15) is 116 Å². The predicted octanol–water partition coefficient (Wildman–Crippen LogP) is 6.47. The van der Waals surface area contributed by atoms with Crippen LogP contribution in [-0.4, -0.2) is 29.3 Å². The fourth-order valence-electron chi connectivity index (χ4n) is 6.21. The van der Waals surface area contributed by atoms with Gasteiger partial charge in [-0.05, 0) is 50.9 Å². The van der Waals surface area contributed by atoms with Crippen molar-refractivity contribution in [1.29, 1.82) is 0 Å². The fraction of sp³-hybridized carbons (Fsp3) is 0.759. The van der Waals surface area contributed by atoms with Crippen LogP contribution in [0.15, 0.2) is 22.3 Å². The van der Waals surface area contributed by atoms with Gasteiger partial charge in [-0.2, -0.15) is 12.7 Å². The third-order valence-corrected chi connectivity index (χ3v) is 8.12. The molecule has 0 spiro atoms. The summed E-state index contributed by atoms with van der Waals surface area (Å²) >= 11 is 0. The van der Waals surface area contributed by atoms with Crippen molar-refractivity contribution in [3.8, 4) is 0 Å². The SMILES string of the molecule is CC1C2=C(CCC[CH-]2)C2=C1CCCC2.C[O-].O=C(O)C1CCCCC1.O=C(O)C1CCCCC1.[Ti+2]. The van der Waals surface area contributed by atoms with Gasteiger partial charge in [-0.25, -0.2) is 12.0 Å². The van der Waals surface area contributed by atoms with E-state index in [1.165, 1.54) is 57.8 Å². The number of hydrogen-bond donors (Lipinski definition) is 2. The molecule has 196 valence electrons. The van der Waals surface area contributed by atoms with Crippen molar-refractivity contribution in [3.63, 3.8) is 0 Å². The van der Waals surface area contributed by atoms with Crippen LogP contribution in [0.2, 0.25) is 0 Å². The van der Waals surface area contributed by atoms with Crippen LogP contribution in [0, 0.1) is 24.2 Å². The molecule has 2 N–H and O–H groups in total. The number of carboxylic acid groups (broad SMARTS) is 2. The average molecular weight is 523 g/mol. The summed E-state index contributed by atoms with van der Waals surface area (Å²) in [5.41, 5.74) is 7.07. The molecule has 1 unspecified atom stereocenters. The predicted molar refractivity (Wildman–Crippen MR) is 134 cm³/mol. The van der Waals surface area contributed by atoms with Crippen molar-refractivity contribution < 1.29 is 46.6 Å². The third kappa shape index (κ3) is 9.74. The molecule has 0 aromatic heterocycles. The van der Waals surface area contributed by atoms with Gasteiger partial charge < -0.3 is 15.3 Å². The summed E-state index contributed by atoms with van der Waals surface area (Å²) in [6.07, 6.45) is 22.7. The molecule has 5 nitrogen and oxygen atoms in total. The van der Waals surface area contributed by atoms with Crippen LogP contribution >= 0.6 is 0 Å². The number of hydrogen-bond acceptors (Lipinski definition) is 3. The summed E-state index contributed by atoms with van der Waals surface area (Å²) in [5, 5.41) is 25.3. The molecule has 5 rings (SSSR count). The van der Waals surface area contributed by atoms with E-state index in [1.54, 1.807) is 22.3 Å². The van der Waals surface area contributed by atoms with Crippen LogP contribution in [0.4, 0.5) is 0 Å². The van der Waals surface area contributed by atoms with E-state index < -0.39 is 11.9 Å². The van der Waals surface area contributed by atoms with Gasteiger partial charge in [0, 0.05) is 0 Å². The smallest absolute Gasteiger partial charge is 0.857 e. The van der Waals surface area contributed by atoms with Crippen molar-refractivity contribution in [1.82, 2.24) is 0 Å². The van der Waals surface area contributed by atoms with Crippen LogP contribution in [-0.2, 0) is 31.3 Å². The molecule has 0 aliphatic heterocycles. The van der Waals surface area contributed by atoms with Crippen LogP contribution < -0.4 is 5.11 Å². The van der Waals surface area contributed by atoms with Gasteiger partial charge >= 0.3 is 33.7 Å². The molecule has 0 bridgehead atoms. The van der Waals surface area contributed by atoms with Gasteiger partial charge in [0.25, 0.3) is 0 Å². The van der Waals surface area contributed by atoms with Gasteiger partial charge in [0.15, 0.2) is 0 Å². The minimum atomic E-state index is -0.602.